The van der Waals surface area contributed by atoms with Crippen LogP contribution in [0.5, 0.6) is 0 Å². The van der Waals surface area contributed by atoms with E-state index in [4.69, 9.17) is 5.11 Å². The van der Waals surface area contributed by atoms with Crippen LogP contribution in [0.1, 0.15) is 25.8 Å². The molecule has 0 aliphatic carbocycles. The van der Waals surface area contributed by atoms with E-state index in [0.29, 0.717) is 11.6 Å². The lowest BCUT2D eigenvalue weighted by Crippen LogP contribution is -2.40. The van der Waals surface area contributed by atoms with Crippen LogP contribution < -0.4 is 21.5 Å². The van der Waals surface area contributed by atoms with Gasteiger partial charge in [0.2, 0.25) is 11.8 Å². The molecule has 25 heavy (non-hydrogen) atoms. The highest BCUT2D eigenvalue weighted by molar-refractivity contribution is 5.95. The first-order valence-electron chi connectivity index (χ1n) is 8.24. The molecule has 136 valence electrons. The van der Waals surface area contributed by atoms with E-state index in [1.54, 1.807) is 24.3 Å². The molecule has 1 aromatic rings. The molecule has 0 radical (unpaired) electrons. The molecule has 1 aliphatic rings. The number of aliphatic carboxylic acids is 1. The van der Waals surface area contributed by atoms with Gasteiger partial charge in [0, 0.05) is 11.7 Å². The summed E-state index contributed by atoms with van der Waals surface area (Å²) in [6.45, 7) is 3.81. The van der Waals surface area contributed by atoms with Gasteiger partial charge in [0.05, 0.1) is 6.42 Å². The van der Waals surface area contributed by atoms with Crippen LogP contribution in [0.3, 0.4) is 0 Å². The van der Waals surface area contributed by atoms with Crippen LogP contribution in [0.2, 0.25) is 0 Å². The zero-order chi connectivity index (χ0) is 18.4. The zero-order valence-electron chi connectivity index (χ0n) is 14.3. The second-order valence-electron chi connectivity index (χ2n) is 6.46. The summed E-state index contributed by atoms with van der Waals surface area (Å²) in [5, 5.41) is 13.7. The Bertz CT molecular complexity index is 630. The predicted molar refractivity (Wildman–Crippen MR) is 92.7 cm³/mol. The summed E-state index contributed by atoms with van der Waals surface area (Å²) in [6, 6.07) is 6.89. The number of carboxylic acids is 1. The summed E-state index contributed by atoms with van der Waals surface area (Å²) < 4.78 is 0. The molecule has 0 saturated carbocycles. The summed E-state index contributed by atoms with van der Waals surface area (Å²) in [6.07, 6.45) is 0.816. The van der Waals surface area contributed by atoms with Crippen molar-refractivity contribution in [3.63, 3.8) is 0 Å². The lowest BCUT2D eigenvalue weighted by molar-refractivity contribution is -0.137. The monoisotopic (exact) mass is 348 g/mol. The number of benzene rings is 1. The smallest absolute Gasteiger partial charge is 0.322 e. The van der Waals surface area contributed by atoms with Crippen molar-refractivity contribution in [1.29, 1.82) is 0 Å². The largest absolute Gasteiger partial charge is 0.480 e. The molecular formula is C17H24N4O4. The van der Waals surface area contributed by atoms with Crippen LogP contribution in [0, 0.1) is 5.92 Å². The number of hydrogen-bond donors (Lipinski definition) is 5. The number of amides is 2. The van der Waals surface area contributed by atoms with Crippen LogP contribution >= 0.6 is 0 Å². The van der Waals surface area contributed by atoms with Gasteiger partial charge in [-0.15, -0.1) is 0 Å². The number of carbonyl (C=O) groups excluding carboxylic acids is 2. The average Bonchev–Trinajstić information content (AvgIpc) is 3.05. The van der Waals surface area contributed by atoms with Crippen molar-refractivity contribution in [3.05, 3.63) is 29.8 Å². The van der Waals surface area contributed by atoms with E-state index in [1.807, 2.05) is 0 Å². The number of rotatable bonds is 7. The Balaban J connectivity index is 1.83. The van der Waals surface area contributed by atoms with E-state index < -0.39 is 12.5 Å². The molecule has 2 rings (SSSR count). The fourth-order valence-electron chi connectivity index (χ4n) is 2.55. The number of hydrazine groups is 1. The van der Waals surface area contributed by atoms with Crippen molar-refractivity contribution in [2.45, 2.75) is 38.8 Å². The minimum Gasteiger partial charge on any atom is -0.480 e. The quantitative estimate of drug-likeness (QED) is 0.482. The molecule has 1 heterocycles. The molecule has 1 aliphatic heterocycles. The molecule has 5 N–H and O–H groups in total. The van der Waals surface area contributed by atoms with Crippen molar-refractivity contribution in [2.24, 2.45) is 5.92 Å². The van der Waals surface area contributed by atoms with Gasteiger partial charge in [0.15, 0.2) is 0 Å². The maximum Gasteiger partial charge on any atom is 0.322 e. The minimum atomic E-state index is -1.08. The molecule has 1 aromatic carbocycles. The Morgan fingerprint density at radius 1 is 1.20 bits per heavy atom. The summed E-state index contributed by atoms with van der Waals surface area (Å²) in [4.78, 5) is 34.2. The number of nitrogens with one attached hydrogen (secondary N) is 4. The number of carboxylic acid groups (broad SMARTS) is 1. The van der Waals surface area contributed by atoms with E-state index in [2.05, 4.69) is 35.3 Å². The van der Waals surface area contributed by atoms with Gasteiger partial charge >= 0.3 is 5.97 Å². The van der Waals surface area contributed by atoms with Crippen molar-refractivity contribution in [3.8, 4) is 0 Å². The van der Waals surface area contributed by atoms with E-state index in [9.17, 15) is 14.4 Å². The summed E-state index contributed by atoms with van der Waals surface area (Å²) in [5.41, 5.74) is 7.52. The molecule has 8 nitrogen and oxygen atoms in total. The zero-order valence-corrected chi connectivity index (χ0v) is 14.3. The Morgan fingerprint density at radius 3 is 2.44 bits per heavy atom. The molecule has 0 aromatic heterocycles. The van der Waals surface area contributed by atoms with Gasteiger partial charge < -0.3 is 15.7 Å². The van der Waals surface area contributed by atoms with Gasteiger partial charge in [-0.2, -0.15) is 0 Å². The Kier molecular flexibility index (Phi) is 6.49. The van der Waals surface area contributed by atoms with Crippen molar-refractivity contribution < 1.29 is 19.5 Å². The van der Waals surface area contributed by atoms with Gasteiger partial charge in [-0.1, -0.05) is 26.0 Å². The van der Waals surface area contributed by atoms with Crippen molar-refractivity contribution >= 4 is 23.5 Å². The third-order valence-corrected chi connectivity index (χ3v) is 4.08. The molecule has 0 spiro atoms. The molecule has 8 heteroatoms. The first-order valence-corrected chi connectivity index (χ1v) is 8.24. The fraction of sp³-hybridized carbons (Fsp3) is 0.471. The van der Waals surface area contributed by atoms with E-state index in [-0.39, 0.29) is 30.3 Å². The lowest BCUT2D eigenvalue weighted by atomic mass is 9.99. The fourth-order valence-corrected chi connectivity index (χ4v) is 2.55. The molecule has 2 unspecified atom stereocenters. The van der Waals surface area contributed by atoms with Crippen LogP contribution in [0.25, 0.3) is 0 Å². The Morgan fingerprint density at radius 2 is 1.88 bits per heavy atom. The first-order chi connectivity index (χ1) is 11.8. The second-order valence-corrected chi connectivity index (χ2v) is 6.46. The standard InChI is InChI=1S/C17H24N4O4/c1-10(2)13-8-14(21-20-13)17(25)19-12-5-3-11(4-6-12)7-15(22)18-9-16(23)24/h3-6,10,13-14,20-21H,7-9H2,1-2H3,(H,18,22)(H,19,25)(H,23,24). The Labute approximate surface area is 146 Å². The van der Waals surface area contributed by atoms with Crippen LogP contribution in [-0.2, 0) is 20.8 Å². The van der Waals surface area contributed by atoms with Crippen LogP contribution in [-0.4, -0.2) is 41.5 Å². The highest BCUT2D eigenvalue weighted by Gasteiger charge is 2.30. The highest BCUT2D eigenvalue weighted by atomic mass is 16.4. The summed E-state index contributed by atoms with van der Waals surface area (Å²) >= 11 is 0. The molecule has 1 saturated heterocycles. The molecular weight excluding hydrogens is 324 g/mol. The molecule has 0 bridgehead atoms. The number of hydrogen-bond acceptors (Lipinski definition) is 5. The van der Waals surface area contributed by atoms with Gasteiger partial charge in [0.25, 0.3) is 0 Å². The minimum absolute atomic E-state index is 0.0890. The maximum atomic E-state index is 12.3. The normalized spacial score (nSPS) is 19.6. The predicted octanol–water partition coefficient (Wildman–Crippen LogP) is 0.260. The SMILES string of the molecule is CC(C)C1CC(C(=O)Nc2ccc(CC(=O)NCC(=O)O)cc2)NN1. The number of carbonyl (C=O) groups is 3. The first kappa shape index (κ1) is 18.9. The van der Waals surface area contributed by atoms with Gasteiger partial charge in [-0.3, -0.25) is 19.8 Å². The molecule has 2 atom stereocenters. The van der Waals surface area contributed by atoms with Crippen LogP contribution in [0.4, 0.5) is 5.69 Å². The van der Waals surface area contributed by atoms with E-state index >= 15 is 0 Å². The lowest BCUT2D eigenvalue weighted by Gasteiger charge is -2.13. The Hall–Kier alpha value is -2.45. The molecule has 2 amide bonds. The van der Waals surface area contributed by atoms with Gasteiger partial charge in [-0.05, 0) is 30.0 Å². The summed E-state index contributed by atoms with van der Waals surface area (Å²) in [5.74, 6) is -1.11. The van der Waals surface area contributed by atoms with Crippen molar-refractivity contribution in [1.82, 2.24) is 16.2 Å². The highest BCUT2D eigenvalue weighted by Crippen LogP contribution is 2.16. The van der Waals surface area contributed by atoms with Gasteiger partial charge in [0.1, 0.15) is 12.6 Å². The second kappa shape index (κ2) is 8.59. The summed E-state index contributed by atoms with van der Waals surface area (Å²) in [7, 11) is 0. The van der Waals surface area contributed by atoms with Crippen LogP contribution in [0.15, 0.2) is 24.3 Å². The van der Waals surface area contributed by atoms with E-state index in [0.717, 1.165) is 12.0 Å². The van der Waals surface area contributed by atoms with E-state index in [1.165, 1.54) is 0 Å². The van der Waals surface area contributed by atoms with Crippen molar-refractivity contribution in [2.75, 3.05) is 11.9 Å². The average molecular weight is 348 g/mol. The third kappa shape index (κ3) is 5.84. The maximum absolute atomic E-state index is 12.3. The topological polar surface area (TPSA) is 120 Å². The number of anilines is 1. The molecule has 1 fully saturated rings. The van der Waals surface area contributed by atoms with Gasteiger partial charge in [-0.25, -0.2) is 5.43 Å². The third-order valence-electron chi connectivity index (χ3n) is 4.08.